The first kappa shape index (κ1) is 19.7. The van der Waals surface area contributed by atoms with Crippen LogP contribution in [0.3, 0.4) is 0 Å². The Morgan fingerprint density at radius 1 is 0.957 bits per heavy atom. The normalized spacial score (nSPS) is 10.7. The Balaban J connectivity index is 2.27. The standard InChI is InChI=1S/C20H34NO2/c1-3-5-7-9-11-15-21-16-13-14-19(18-21)20(22)23-17-12-10-8-6-4-2/h13-14,16,18H,3-12,15,17H2,1-2H3/q+1. The predicted molar refractivity (Wildman–Crippen MR) is 94.4 cm³/mol. The predicted octanol–water partition coefficient (Wildman–Crippen LogP) is 5.07. The van der Waals surface area contributed by atoms with Crippen LogP contribution in [-0.4, -0.2) is 12.6 Å². The number of carbonyl (C=O) groups excluding carboxylic acids is 1. The number of hydrogen-bond donors (Lipinski definition) is 0. The Kier molecular flexibility index (Phi) is 11.2. The highest BCUT2D eigenvalue weighted by Crippen LogP contribution is 2.05. The topological polar surface area (TPSA) is 30.2 Å². The third-order valence-electron chi connectivity index (χ3n) is 4.09. The Labute approximate surface area is 142 Å². The number of esters is 1. The molecule has 0 aliphatic rings. The van der Waals surface area contributed by atoms with Crippen molar-refractivity contribution < 1.29 is 14.1 Å². The van der Waals surface area contributed by atoms with Gasteiger partial charge in [0.15, 0.2) is 12.4 Å². The molecular formula is C20H34NO2+. The molecule has 0 N–H and O–H groups in total. The molecule has 23 heavy (non-hydrogen) atoms. The van der Waals surface area contributed by atoms with Crippen LogP contribution < -0.4 is 4.57 Å². The van der Waals surface area contributed by atoms with Gasteiger partial charge in [-0.2, -0.15) is 0 Å². The van der Waals surface area contributed by atoms with E-state index in [0.717, 1.165) is 19.4 Å². The number of hydrogen-bond acceptors (Lipinski definition) is 2. The van der Waals surface area contributed by atoms with Gasteiger partial charge in [0.2, 0.25) is 0 Å². The average molecular weight is 320 g/mol. The lowest BCUT2D eigenvalue weighted by atomic mass is 10.1. The molecule has 0 bridgehead atoms. The molecule has 0 unspecified atom stereocenters. The summed E-state index contributed by atoms with van der Waals surface area (Å²) in [6.45, 7) is 5.94. The summed E-state index contributed by atoms with van der Waals surface area (Å²) in [5.74, 6) is -0.194. The van der Waals surface area contributed by atoms with Crippen molar-refractivity contribution in [2.24, 2.45) is 0 Å². The molecular weight excluding hydrogens is 286 g/mol. The fourth-order valence-electron chi connectivity index (χ4n) is 2.63. The van der Waals surface area contributed by atoms with Gasteiger partial charge in [-0.15, -0.1) is 0 Å². The van der Waals surface area contributed by atoms with E-state index < -0.39 is 0 Å². The number of rotatable bonds is 13. The Hall–Kier alpha value is -1.38. The second-order valence-corrected chi connectivity index (χ2v) is 6.29. The molecule has 130 valence electrons. The molecule has 1 heterocycles. The highest BCUT2D eigenvalue weighted by Gasteiger charge is 2.11. The summed E-state index contributed by atoms with van der Waals surface area (Å²) in [5.41, 5.74) is 0.662. The quantitative estimate of drug-likeness (QED) is 0.288. The summed E-state index contributed by atoms with van der Waals surface area (Å²) in [6, 6.07) is 3.77. The molecule has 3 heteroatoms. The van der Waals surface area contributed by atoms with Gasteiger partial charge in [0, 0.05) is 12.5 Å². The van der Waals surface area contributed by atoms with Gasteiger partial charge >= 0.3 is 5.97 Å². The van der Waals surface area contributed by atoms with E-state index in [2.05, 4.69) is 18.4 Å². The monoisotopic (exact) mass is 320 g/mol. The van der Waals surface area contributed by atoms with Crippen molar-refractivity contribution >= 4 is 5.97 Å². The van der Waals surface area contributed by atoms with Crippen molar-refractivity contribution in [2.45, 2.75) is 84.6 Å². The number of ether oxygens (including phenoxy) is 1. The summed E-state index contributed by atoms with van der Waals surface area (Å²) in [7, 11) is 0. The third kappa shape index (κ3) is 9.37. The van der Waals surface area contributed by atoms with Crippen LogP contribution in [0, 0.1) is 0 Å². The molecule has 0 saturated heterocycles. The van der Waals surface area contributed by atoms with Gasteiger partial charge in [-0.1, -0.05) is 58.8 Å². The summed E-state index contributed by atoms with van der Waals surface area (Å²) in [5, 5.41) is 0. The first-order valence-corrected chi connectivity index (χ1v) is 9.44. The van der Waals surface area contributed by atoms with E-state index in [1.54, 1.807) is 0 Å². The zero-order valence-corrected chi connectivity index (χ0v) is 15.1. The molecule has 0 radical (unpaired) electrons. The molecule has 3 nitrogen and oxygen atoms in total. The van der Waals surface area contributed by atoms with Crippen LogP contribution in [0.15, 0.2) is 24.5 Å². The second kappa shape index (κ2) is 13.1. The van der Waals surface area contributed by atoms with E-state index in [-0.39, 0.29) is 5.97 Å². The van der Waals surface area contributed by atoms with Crippen LogP contribution in [0.2, 0.25) is 0 Å². The SMILES string of the molecule is CCCCCCCOC(=O)c1ccc[n+](CCCCCCC)c1. The zero-order valence-electron chi connectivity index (χ0n) is 15.1. The first-order valence-electron chi connectivity index (χ1n) is 9.44. The van der Waals surface area contributed by atoms with Crippen LogP contribution in [0.25, 0.3) is 0 Å². The third-order valence-corrected chi connectivity index (χ3v) is 4.09. The van der Waals surface area contributed by atoms with Gasteiger partial charge in [0.05, 0.1) is 6.61 Å². The van der Waals surface area contributed by atoms with E-state index >= 15 is 0 Å². The van der Waals surface area contributed by atoms with Gasteiger partial charge in [-0.05, 0) is 18.9 Å². The van der Waals surface area contributed by atoms with Crippen LogP contribution in [-0.2, 0) is 11.3 Å². The Morgan fingerprint density at radius 3 is 2.30 bits per heavy atom. The van der Waals surface area contributed by atoms with Crippen LogP contribution in [0.1, 0.15) is 88.4 Å². The summed E-state index contributed by atoms with van der Waals surface area (Å²) >= 11 is 0. The van der Waals surface area contributed by atoms with Crippen LogP contribution >= 0.6 is 0 Å². The highest BCUT2D eigenvalue weighted by molar-refractivity contribution is 5.88. The number of nitrogens with zero attached hydrogens (tertiary/aromatic N) is 1. The lowest BCUT2D eigenvalue weighted by Gasteiger charge is -2.04. The first-order chi connectivity index (χ1) is 11.3. The van der Waals surface area contributed by atoms with Crippen molar-refractivity contribution in [1.29, 1.82) is 0 Å². The Bertz CT molecular complexity index is 431. The maximum atomic E-state index is 12.1. The maximum Gasteiger partial charge on any atom is 0.344 e. The number of unbranched alkanes of at least 4 members (excludes halogenated alkanes) is 8. The van der Waals surface area contributed by atoms with Crippen molar-refractivity contribution in [3.05, 3.63) is 30.1 Å². The number of carbonyl (C=O) groups is 1. The largest absolute Gasteiger partial charge is 0.462 e. The number of aromatic nitrogens is 1. The van der Waals surface area contributed by atoms with E-state index in [1.807, 2.05) is 24.5 Å². The molecule has 0 fully saturated rings. The minimum atomic E-state index is -0.194. The van der Waals surface area contributed by atoms with Crippen LogP contribution in [0.5, 0.6) is 0 Å². The molecule has 0 spiro atoms. The second-order valence-electron chi connectivity index (χ2n) is 6.29. The van der Waals surface area contributed by atoms with Crippen molar-refractivity contribution in [3.63, 3.8) is 0 Å². The highest BCUT2D eigenvalue weighted by atomic mass is 16.5. The van der Waals surface area contributed by atoms with Gasteiger partial charge in [0.1, 0.15) is 12.1 Å². The zero-order chi connectivity index (χ0) is 16.8. The summed E-state index contributed by atoms with van der Waals surface area (Å²) in [6.07, 6.45) is 16.1. The fraction of sp³-hybridized carbons (Fsp3) is 0.700. The smallest absolute Gasteiger partial charge is 0.344 e. The molecule has 1 rings (SSSR count). The number of aryl methyl sites for hydroxylation is 1. The average Bonchev–Trinajstić information content (AvgIpc) is 2.58. The molecule has 1 aromatic rings. The molecule has 0 aliphatic carbocycles. The molecule has 0 amide bonds. The van der Waals surface area contributed by atoms with Crippen molar-refractivity contribution in [3.8, 4) is 0 Å². The lowest BCUT2D eigenvalue weighted by molar-refractivity contribution is -0.697. The Morgan fingerprint density at radius 2 is 1.61 bits per heavy atom. The fourth-order valence-corrected chi connectivity index (χ4v) is 2.63. The lowest BCUT2D eigenvalue weighted by Crippen LogP contribution is -2.34. The molecule has 0 saturated carbocycles. The molecule has 0 atom stereocenters. The summed E-state index contributed by atoms with van der Waals surface area (Å²) in [4.78, 5) is 12.1. The molecule has 0 aromatic carbocycles. The van der Waals surface area contributed by atoms with E-state index in [9.17, 15) is 4.79 Å². The van der Waals surface area contributed by atoms with Crippen molar-refractivity contribution in [1.82, 2.24) is 0 Å². The number of pyridine rings is 1. The van der Waals surface area contributed by atoms with E-state index in [4.69, 9.17) is 4.74 Å². The minimum absolute atomic E-state index is 0.194. The van der Waals surface area contributed by atoms with E-state index in [0.29, 0.717) is 12.2 Å². The molecule has 1 aromatic heterocycles. The van der Waals surface area contributed by atoms with Gasteiger partial charge < -0.3 is 4.74 Å². The summed E-state index contributed by atoms with van der Waals surface area (Å²) < 4.78 is 7.47. The van der Waals surface area contributed by atoms with Gasteiger partial charge in [0.25, 0.3) is 0 Å². The van der Waals surface area contributed by atoms with Gasteiger partial charge in [-0.25, -0.2) is 9.36 Å². The van der Waals surface area contributed by atoms with Crippen LogP contribution in [0.4, 0.5) is 0 Å². The molecule has 0 aliphatic heterocycles. The van der Waals surface area contributed by atoms with E-state index in [1.165, 1.54) is 51.4 Å². The van der Waals surface area contributed by atoms with Crippen molar-refractivity contribution in [2.75, 3.05) is 6.61 Å². The minimum Gasteiger partial charge on any atom is -0.462 e. The maximum absolute atomic E-state index is 12.1. The van der Waals surface area contributed by atoms with Gasteiger partial charge in [-0.3, -0.25) is 0 Å².